The van der Waals surface area contributed by atoms with E-state index < -0.39 is 0 Å². The topological polar surface area (TPSA) is 194 Å². The molecule has 0 unspecified atom stereocenters. The molecule has 2 amide bonds. The van der Waals surface area contributed by atoms with Gasteiger partial charge in [-0.1, -0.05) is 27.7 Å². The molecule has 2 aliphatic heterocycles. The second-order valence-electron chi connectivity index (χ2n) is 25.2. The molecule has 0 saturated carbocycles. The van der Waals surface area contributed by atoms with Gasteiger partial charge in [0.2, 0.25) is 11.8 Å². The molecule has 506 valence electrons. The lowest BCUT2D eigenvalue weighted by Gasteiger charge is -2.21. The van der Waals surface area contributed by atoms with Crippen LogP contribution in [-0.4, -0.2) is 172 Å². The molecule has 0 spiro atoms. The molecule has 3 aromatic heterocycles. The van der Waals surface area contributed by atoms with E-state index in [1.165, 1.54) is 99.3 Å². The number of nitrogens with zero attached hydrogens (tertiary/aromatic N) is 4. The van der Waals surface area contributed by atoms with E-state index in [0.717, 1.165) is 223 Å². The molecule has 16 nitrogen and oxygen atoms in total. The van der Waals surface area contributed by atoms with Gasteiger partial charge in [0, 0.05) is 61.1 Å². The van der Waals surface area contributed by atoms with Crippen molar-refractivity contribution in [3.8, 4) is 0 Å². The van der Waals surface area contributed by atoms with E-state index in [1.54, 1.807) is 0 Å². The summed E-state index contributed by atoms with van der Waals surface area (Å²) in [4.78, 5) is 50.9. The Hall–Kier alpha value is -4.78. The third kappa shape index (κ3) is 26.7. The van der Waals surface area contributed by atoms with Gasteiger partial charge in [-0.2, -0.15) is 0 Å². The highest BCUT2D eigenvalue weighted by Gasteiger charge is 2.25. The van der Waals surface area contributed by atoms with Crippen molar-refractivity contribution >= 4 is 56.2 Å². The van der Waals surface area contributed by atoms with E-state index in [2.05, 4.69) is 146 Å². The molecule has 2 aliphatic rings. The summed E-state index contributed by atoms with van der Waals surface area (Å²) < 4.78 is 0. The highest BCUT2D eigenvalue weighted by molar-refractivity contribution is 5.97. The minimum atomic E-state index is 0.182. The number of nitrogens with one attached hydrogen (secondary N) is 10. The maximum atomic E-state index is 14.2. The molecule has 16 heteroatoms. The smallest absolute Gasteiger partial charge is 0.222 e. The van der Waals surface area contributed by atoms with Crippen LogP contribution in [0.3, 0.4) is 0 Å². The van der Waals surface area contributed by atoms with Gasteiger partial charge >= 0.3 is 0 Å². The molecular formula is C74H128N14O2. The molecule has 90 heavy (non-hydrogen) atoms. The first kappa shape index (κ1) is 75.9. The molecule has 0 radical (unpaired) electrons. The normalized spacial score (nSPS) is 12.6. The Bertz CT molecular complexity index is 2760. The van der Waals surface area contributed by atoms with Crippen LogP contribution >= 0.6 is 0 Å². The second-order valence-corrected chi connectivity index (χ2v) is 25.2. The summed E-state index contributed by atoms with van der Waals surface area (Å²) in [5.74, 6) is 0.363. The lowest BCUT2D eigenvalue weighted by Crippen LogP contribution is -2.32. The second kappa shape index (κ2) is 45.5. The Morgan fingerprint density at radius 2 is 0.656 bits per heavy atom. The van der Waals surface area contributed by atoms with Crippen molar-refractivity contribution < 1.29 is 9.59 Å². The minimum Gasteiger partial charge on any atom is -0.355 e. The fourth-order valence-corrected chi connectivity index (χ4v) is 12.7. The zero-order chi connectivity index (χ0) is 64.6. The third-order valence-corrected chi connectivity index (χ3v) is 18.5. The lowest BCUT2D eigenvalue weighted by molar-refractivity contribution is -0.131. The quantitative estimate of drug-likeness (QED) is 0.0241. The zero-order valence-electron chi connectivity index (χ0n) is 58.6. The van der Waals surface area contributed by atoms with Crippen LogP contribution in [0.4, 0.5) is 0 Å². The van der Waals surface area contributed by atoms with E-state index in [9.17, 15) is 9.59 Å². The number of hydrogen-bond donors (Lipinski definition) is 10. The van der Waals surface area contributed by atoms with Gasteiger partial charge in [-0.05, 0) is 343 Å². The van der Waals surface area contributed by atoms with Crippen molar-refractivity contribution in [3.05, 3.63) is 69.3 Å². The van der Waals surface area contributed by atoms with Gasteiger partial charge in [0.1, 0.15) is 0 Å². The van der Waals surface area contributed by atoms with Crippen LogP contribution in [-0.2, 0) is 22.4 Å². The van der Waals surface area contributed by atoms with Crippen LogP contribution in [0.15, 0.2) is 24.3 Å². The first-order chi connectivity index (χ1) is 44.0. The number of carbonyl (C=O) groups is 2. The number of unbranched alkanes of at least 4 members (excludes halogenated alkanes) is 8. The monoisotopic (exact) mass is 1250 g/mol. The number of amides is 2. The van der Waals surface area contributed by atoms with Crippen molar-refractivity contribution in [3.63, 3.8) is 0 Å². The summed E-state index contributed by atoms with van der Waals surface area (Å²) >= 11 is 0. The molecule has 0 aromatic carbocycles. The van der Waals surface area contributed by atoms with Crippen LogP contribution in [0.2, 0.25) is 0 Å². The molecular weight excluding hydrogens is 1120 g/mol. The van der Waals surface area contributed by atoms with Crippen LogP contribution in [0, 0.1) is 13.8 Å². The summed E-state index contributed by atoms with van der Waals surface area (Å²) in [7, 11) is 0. The van der Waals surface area contributed by atoms with Crippen molar-refractivity contribution in [2.45, 2.75) is 210 Å². The van der Waals surface area contributed by atoms with Crippen molar-refractivity contribution in [2.24, 2.45) is 0 Å². The summed E-state index contributed by atoms with van der Waals surface area (Å²) in [6.07, 6.45) is 22.4. The van der Waals surface area contributed by atoms with Crippen molar-refractivity contribution in [1.29, 1.82) is 0 Å². The molecule has 5 heterocycles. The largest absolute Gasteiger partial charge is 0.355 e. The number of carbonyl (C=O) groups excluding carboxylic acids is 2. The SMILES string of the molecule is CCNCCCCNCCCCNCCCCNCCCCN(CC)C(=O)CCC1=C(C)c2cc3[nH]c(cc4[nH]c(cc5nc(cc1n2)C(CCC(=O)N(CC)CCCCNCCCCNCCCCNCCCCNCC)=C5C)c(CC)c4C)c(CC)c3C. The zero-order valence-corrected chi connectivity index (χ0v) is 58.6. The van der Waals surface area contributed by atoms with Crippen LogP contribution in [0.5, 0.6) is 0 Å². The summed E-state index contributed by atoms with van der Waals surface area (Å²) in [5, 5.41) is 28.5. The Kier molecular flexibility index (Phi) is 38.4. The molecule has 3 aromatic rings. The highest BCUT2D eigenvalue weighted by atomic mass is 16.2. The van der Waals surface area contributed by atoms with E-state index in [4.69, 9.17) is 9.97 Å². The Morgan fingerprint density at radius 1 is 0.367 bits per heavy atom. The number of aryl methyl sites for hydroxylation is 4. The van der Waals surface area contributed by atoms with E-state index in [-0.39, 0.29) is 11.8 Å². The van der Waals surface area contributed by atoms with Gasteiger partial charge < -0.3 is 62.3 Å². The Labute approximate surface area is 546 Å². The fourth-order valence-electron chi connectivity index (χ4n) is 12.7. The summed E-state index contributed by atoms with van der Waals surface area (Å²) in [5.41, 5.74) is 17.2. The number of fused-ring (bicyclic) bond motifs is 8. The van der Waals surface area contributed by atoms with Gasteiger partial charge in [0.05, 0.1) is 22.8 Å². The molecule has 0 atom stereocenters. The first-order valence-corrected chi connectivity index (χ1v) is 36.3. The average molecular weight is 1250 g/mol. The van der Waals surface area contributed by atoms with E-state index in [0.29, 0.717) is 38.8 Å². The number of aromatic nitrogens is 4. The number of aromatic amines is 2. The van der Waals surface area contributed by atoms with Crippen LogP contribution in [0.25, 0.3) is 44.4 Å². The van der Waals surface area contributed by atoms with Crippen molar-refractivity contribution in [1.82, 2.24) is 72.3 Å². The molecule has 0 aliphatic carbocycles. The number of allylic oxidation sites excluding steroid dienone is 4. The first-order valence-electron chi connectivity index (χ1n) is 36.3. The number of hydrogen-bond acceptors (Lipinski definition) is 12. The van der Waals surface area contributed by atoms with Crippen LogP contribution < -0.4 is 42.5 Å². The fraction of sp³-hybridized carbons (Fsp3) is 0.703. The maximum Gasteiger partial charge on any atom is 0.222 e. The van der Waals surface area contributed by atoms with E-state index in [1.807, 2.05) is 9.80 Å². The van der Waals surface area contributed by atoms with Gasteiger partial charge in [-0.15, -0.1) is 0 Å². The standard InChI is InChI=1S/C74H128N14O2/c1-11-61-57(7)65-53-66-59(9)63(33-35-73(89)87(15-5)51-31-29-49-81-47-27-25-45-79-43-23-21-41-77-39-19-17-37-75-13-3)71(85-66)56-72-64(60(10)68(86-72)55-70-62(12-2)58(8)67(84-70)54-69(61)83-65)34-36-74(90)88(16-6)52-32-30-50-82-48-28-26-46-80-44-24-22-42-78-40-20-18-38-76-14-4/h53-56,75-84H,11-52H2,1-10H3. The predicted molar refractivity (Wildman–Crippen MR) is 385 cm³/mol. The lowest BCUT2D eigenvalue weighted by atomic mass is 9.97. The Balaban J connectivity index is 1.16. The van der Waals surface area contributed by atoms with Gasteiger partial charge in [-0.25, -0.2) is 9.97 Å². The third-order valence-electron chi connectivity index (χ3n) is 18.5. The molecule has 0 saturated heterocycles. The number of H-pyrrole nitrogens is 2. The maximum absolute atomic E-state index is 14.2. The molecule has 0 fully saturated rings. The van der Waals surface area contributed by atoms with Gasteiger partial charge in [-0.3, -0.25) is 9.59 Å². The average Bonchev–Trinajstić information content (AvgIpc) is 1.70. The van der Waals surface area contributed by atoms with Crippen LogP contribution in [0.1, 0.15) is 229 Å². The molecule has 8 bridgehead atoms. The summed E-state index contributed by atoms with van der Waals surface area (Å²) in [6, 6.07) is 8.85. The van der Waals surface area contributed by atoms with Gasteiger partial charge in [0.25, 0.3) is 0 Å². The van der Waals surface area contributed by atoms with Gasteiger partial charge in [0.15, 0.2) is 0 Å². The van der Waals surface area contributed by atoms with Crippen molar-refractivity contribution in [2.75, 3.05) is 131 Å². The minimum absolute atomic E-state index is 0.182. The highest BCUT2D eigenvalue weighted by Crippen LogP contribution is 2.38. The molecule has 5 rings (SSSR count). The predicted octanol–water partition coefficient (Wildman–Crippen LogP) is 12.2. The molecule has 10 N–H and O–H groups in total. The Morgan fingerprint density at radius 3 is 0.967 bits per heavy atom. The van der Waals surface area contributed by atoms with E-state index >= 15 is 0 Å². The summed E-state index contributed by atoms with van der Waals surface area (Å²) in [6.45, 7) is 41.9. The number of rotatable bonds is 52.